The van der Waals surface area contributed by atoms with E-state index in [2.05, 4.69) is 14.9 Å². The average Bonchev–Trinajstić information content (AvgIpc) is 3.09. The first kappa shape index (κ1) is 16.9. The second kappa shape index (κ2) is 7.73. The van der Waals surface area contributed by atoms with E-state index in [0.717, 1.165) is 55.1 Å². The molecule has 5 heteroatoms. The summed E-state index contributed by atoms with van der Waals surface area (Å²) < 4.78 is 5.80. The van der Waals surface area contributed by atoms with Gasteiger partial charge in [-0.1, -0.05) is 6.07 Å². The van der Waals surface area contributed by atoms with Gasteiger partial charge in [-0.15, -0.1) is 0 Å². The SMILES string of the molecule is Cc1c[nH]c(CN(Cc2ccccn2)CC2CCCO2)c(C)c1=O. The van der Waals surface area contributed by atoms with Crippen molar-refractivity contribution in [1.29, 1.82) is 0 Å². The third kappa shape index (κ3) is 4.10. The largest absolute Gasteiger partial charge is 0.377 e. The number of nitrogens with one attached hydrogen (secondary N) is 1. The lowest BCUT2D eigenvalue weighted by Crippen LogP contribution is -2.33. The van der Waals surface area contributed by atoms with Gasteiger partial charge in [-0.05, 0) is 38.8 Å². The summed E-state index contributed by atoms with van der Waals surface area (Å²) in [6.07, 6.45) is 6.12. The van der Waals surface area contributed by atoms with Gasteiger partial charge in [-0.3, -0.25) is 14.7 Å². The molecule has 0 amide bonds. The molecule has 0 aromatic carbocycles. The number of H-pyrrole nitrogens is 1. The van der Waals surface area contributed by atoms with E-state index in [1.54, 1.807) is 6.20 Å². The lowest BCUT2D eigenvalue weighted by Gasteiger charge is -2.25. The van der Waals surface area contributed by atoms with Crippen LogP contribution in [0.5, 0.6) is 0 Å². The molecule has 2 aromatic rings. The monoisotopic (exact) mass is 327 g/mol. The number of pyridine rings is 2. The highest BCUT2D eigenvalue weighted by Gasteiger charge is 2.21. The van der Waals surface area contributed by atoms with E-state index >= 15 is 0 Å². The summed E-state index contributed by atoms with van der Waals surface area (Å²) in [4.78, 5) is 22.2. The van der Waals surface area contributed by atoms with E-state index in [1.165, 1.54) is 0 Å². The first-order chi connectivity index (χ1) is 11.6. The molecule has 0 radical (unpaired) electrons. The Labute approximate surface area is 142 Å². The summed E-state index contributed by atoms with van der Waals surface area (Å²) in [5.41, 5.74) is 3.68. The molecule has 0 aliphatic carbocycles. The van der Waals surface area contributed by atoms with Crippen LogP contribution in [0.4, 0.5) is 0 Å². The lowest BCUT2D eigenvalue weighted by molar-refractivity contribution is 0.0669. The van der Waals surface area contributed by atoms with Crippen molar-refractivity contribution in [2.75, 3.05) is 13.2 Å². The number of hydrogen-bond donors (Lipinski definition) is 1. The van der Waals surface area contributed by atoms with Crippen molar-refractivity contribution >= 4 is 0 Å². The van der Waals surface area contributed by atoms with Crippen molar-refractivity contribution in [3.8, 4) is 0 Å². The third-order valence-corrected chi connectivity index (χ3v) is 4.59. The van der Waals surface area contributed by atoms with Crippen LogP contribution in [0.2, 0.25) is 0 Å². The van der Waals surface area contributed by atoms with E-state index in [-0.39, 0.29) is 11.5 Å². The molecule has 2 aromatic heterocycles. The van der Waals surface area contributed by atoms with Crippen molar-refractivity contribution in [3.05, 3.63) is 63.3 Å². The van der Waals surface area contributed by atoms with Crippen LogP contribution in [0.1, 0.15) is 35.4 Å². The van der Waals surface area contributed by atoms with Crippen molar-refractivity contribution < 1.29 is 4.74 Å². The van der Waals surface area contributed by atoms with Gasteiger partial charge in [-0.2, -0.15) is 0 Å². The summed E-state index contributed by atoms with van der Waals surface area (Å²) in [5.74, 6) is 0. The molecule has 0 bridgehead atoms. The van der Waals surface area contributed by atoms with Gasteiger partial charge in [0.15, 0.2) is 5.43 Å². The molecule has 24 heavy (non-hydrogen) atoms. The van der Waals surface area contributed by atoms with Gasteiger partial charge in [0.1, 0.15) is 0 Å². The average molecular weight is 327 g/mol. The fraction of sp³-hybridized carbons (Fsp3) is 0.474. The minimum Gasteiger partial charge on any atom is -0.377 e. The van der Waals surface area contributed by atoms with Crippen LogP contribution < -0.4 is 5.43 Å². The van der Waals surface area contributed by atoms with Crippen LogP contribution in [0.15, 0.2) is 35.4 Å². The van der Waals surface area contributed by atoms with E-state index < -0.39 is 0 Å². The van der Waals surface area contributed by atoms with Gasteiger partial charge >= 0.3 is 0 Å². The van der Waals surface area contributed by atoms with Crippen molar-refractivity contribution in [2.45, 2.75) is 45.9 Å². The van der Waals surface area contributed by atoms with Gasteiger partial charge in [0.25, 0.3) is 0 Å². The number of hydrogen-bond acceptors (Lipinski definition) is 4. The van der Waals surface area contributed by atoms with E-state index in [4.69, 9.17) is 4.74 Å². The smallest absolute Gasteiger partial charge is 0.187 e. The summed E-state index contributed by atoms with van der Waals surface area (Å²) in [5, 5.41) is 0. The maximum Gasteiger partial charge on any atom is 0.187 e. The van der Waals surface area contributed by atoms with Crippen LogP contribution in [0, 0.1) is 13.8 Å². The summed E-state index contributed by atoms with van der Waals surface area (Å²) in [6.45, 7) is 6.88. The molecule has 3 heterocycles. The molecule has 3 rings (SSSR count). The van der Waals surface area contributed by atoms with Gasteiger partial charge in [0.2, 0.25) is 0 Å². The molecule has 1 aliphatic heterocycles. The Balaban J connectivity index is 1.78. The van der Waals surface area contributed by atoms with E-state index in [1.807, 2.05) is 38.2 Å². The Morgan fingerprint density at radius 2 is 2.21 bits per heavy atom. The number of aryl methyl sites for hydroxylation is 1. The highest BCUT2D eigenvalue weighted by molar-refractivity contribution is 5.23. The number of rotatable bonds is 6. The summed E-state index contributed by atoms with van der Waals surface area (Å²) in [6, 6.07) is 5.97. The highest BCUT2D eigenvalue weighted by Crippen LogP contribution is 2.16. The minimum absolute atomic E-state index is 0.124. The maximum absolute atomic E-state index is 12.2. The number of ether oxygens (including phenoxy) is 1. The van der Waals surface area contributed by atoms with E-state index in [9.17, 15) is 4.79 Å². The number of aromatic amines is 1. The minimum atomic E-state index is 0.124. The zero-order valence-corrected chi connectivity index (χ0v) is 14.4. The number of aromatic nitrogens is 2. The Kier molecular flexibility index (Phi) is 5.43. The van der Waals surface area contributed by atoms with Crippen LogP contribution in [-0.4, -0.2) is 34.1 Å². The molecule has 1 unspecified atom stereocenters. The summed E-state index contributed by atoms with van der Waals surface area (Å²) in [7, 11) is 0. The molecule has 1 aliphatic rings. The van der Waals surface area contributed by atoms with Gasteiger partial charge in [0, 0.05) is 55.5 Å². The Morgan fingerprint density at radius 1 is 1.33 bits per heavy atom. The van der Waals surface area contributed by atoms with Crippen LogP contribution in [0.25, 0.3) is 0 Å². The maximum atomic E-state index is 12.2. The molecular formula is C19H25N3O2. The second-order valence-electron chi connectivity index (χ2n) is 6.53. The molecule has 1 atom stereocenters. The molecule has 0 saturated carbocycles. The molecule has 128 valence electrons. The van der Waals surface area contributed by atoms with Crippen LogP contribution >= 0.6 is 0 Å². The Bertz CT molecular complexity index is 721. The molecule has 1 fully saturated rings. The Hall–Kier alpha value is -1.98. The molecule has 5 nitrogen and oxygen atoms in total. The van der Waals surface area contributed by atoms with Crippen LogP contribution in [-0.2, 0) is 17.8 Å². The molecular weight excluding hydrogens is 302 g/mol. The van der Waals surface area contributed by atoms with Gasteiger partial charge in [0.05, 0.1) is 11.8 Å². The first-order valence-electron chi connectivity index (χ1n) is 8.55. The first-order valence-corrected chi connectivity index (χ1v) is 8.55. The Morgan fingerprint density at radius 3 is 2.92 bits per heavy atom. The van der Waals surface area contributed by atoms with Crippen LogP contribution in [0.3, 0.4) is 0 Å². The number of nitrogens with zero attached hydrogens (tertiary/aromatic N) is 2. The summed E-state index contributed by atoms with van der Waals surface area (Å²) >= 11 is 0. The quantitative estimate of drug-likeness (QED) is 0.886. The standard InChI is InChI=1S/C19H25N3O2/c1-14-10-21-18(15(2)19(14)23)13-22(12-17-7-5-9-24-17)11-16-6-3-4-8-20-16/h3-4,6,8,10,17H,5,7,9,11-13H2,1-2H3,(H,21,23). The van der Waals surface area contributed by atoms with E-state index in [0.29, 0.717) is 6.54 Å². The fourth-order valence-corrected chi connectivity index (χ4v) is 3.17. The van der Waals surface area contributed by atoms with Crippen molar-refractivity contribution in [1.82, 2.24) is 14.9 Å². The lowest BCUT2D eigenvalue weighted by atomic mass is 10.1. The highest BCUT2D eigenvalue weighted by atomic mass is 16.5. The fourth-order valence-electron chi connectivity index (χ4n) is 3.17. The molecule has 1 saturated heterocycles. The van der Waals surface area contributed by atoms with Crippen molar-refractivity contribution in [3.63, 3.8) is 0 Å². The zero-order chi connectivity index (χ0) is 16.9. The molecule has 1 N–H and O–H groups in total. The van der Waals surface area contributed by atoms with Gasteiger partial charge < -0.3 is 9.72 Å². The molecule has 0 spiro atoms. The predicted molar refractivity (Wildman–Crippen MR) is 93.9 cm³/mol. The normalized spacial score (nSPS) is 17.5. The van der Waals surface area contributed by atoms with Gasteiger partial charge in [-0.25, -0.2) is 0 Å². The topological polar surface area (TPSA) is 58.2 Å². The zero-order valence-electron chi connectivity index (χ0n) is 14.4. The third-order valence-electron chi connectivity index (χ3n) is 4.59. The van der Waals surface area contributed by atoms with Crippen molar-refractivity contribution in [2.24, 2.45) is 0 Å². The predicted octanol–water partition coefficient (Wildman–Crippen LogP) is 2.57. The second-order valence-corrected chi connectivity index (χ2v) is 6.53.